The standard InChI is InChI=1S/C14H11BrF3N3O3/c15-9-2-1-3-10(6-9)19-11(22)7-20-4-5-21(8-14(16,17)18)13(24)12(20)23/h1-6H,7-8H2,(H,19,22). The molecule has 2 rings (SSSR count). The summed E-state index contributed by atoms with van der Waals surface area (Å²) < 4.78 is 38.6. The van der Waals surface area contributed by atoms with E-state index in [0.29, 0.717) is 5.69 Å². The first-order valence-corrected chi connectivity index (χ1v) is 7.37. The van der Waals surface area contributed by atoms with Crippen LogP contribution in [0.3, 0.4) is 0 Å². The van der Waals surface area contributed by atoms with Gasteiger partial charge in [0, 0.05) is 22.6 Å². The molecule has 6 nitrogen and oxygen atoms in total. The molecule has 0 saturated heterocycles. The Balaban J connectivity index is 2.15. The van der Waals surface area contributed by atoms with Crippen molar-refractivity contribution < 1.29 is 18.0 Å². The average molecular weight is 406 g/mol. The van der Waals surface area contributed by atoms with E-state index < -0.39 is 36.3 Å². The van der Waals surface area contributed by atoms with Gasteiger partial charge in [0.05, 0.1) is 0 Å². The van der Waals surface area contributed by atoms with Crippen LogP contribution < -0.4 is 16.4 Å². The molecule has 1 amide bonds. The highest BCUT2D eigenvalue weighted by Crippen LogP contribution is 2.16. The Hall–Kier alpha value is -2.36. The number of carbonyl (C=O) groups is 1. The van der Waals surface area contributed by atoms with E-state index >= 15 is 0 Å². The van der Waals surface area contributed by atoms with Crippen molar-refractivity contribution in [2.75, 3.05) is 5.32 Å². The maximum Gasteiger partial charge on any atom is 0.406 e. The molecule has 10 heteroatoms. The first kappa shape index (κ1) is 18.0. The summed E-state index contributed by atoms with van der Waals surface area (Å²) in [5.41, 5.74) is -2.08. The SMILES string of the molecule is O=C(Cn1ccn(CC(F)(F)F)c(=O)c1=O)Nc1cccc(Br)c1. The Bertz CT molecular complexity index is 874. The summed E-state index contributed by atoms with van der Waals surface area (Å²) in [5, 5.41) is 2.51. The van der Waals surface area contributed by atoms with E-state index in [2.05, 4.69) is 21.2 Å². The third kappa shape index (κ3) is 4.82. The molecule has 2 aromatic rings. The molecule has 0 aliphatic carbocycles. The van der Waals surface area contributed by atoms with E-state index in [1.165, 1.54) is 0 Å². The molecule has 0 radical (unpaired) electrons. The number of carbonyl (C=O) groups excluding carboxylic acids is 1. The Labute approximate surface area is 141 Å². The van der Waals surface area contributed by atoms with Gasteiger partial charge in [-0.3, -0.25) is 19.0 Å². The van der Waals surface area contributed by atoms with Crippen molar-refractivity contribution in [3.8, 4) is 0 Å². The number of hydrogen-bond donors (Lipinski definition) is 1. The van der Waals surface area contributed by atoms with E-state index in [9.17, 15) is 27.6 Å². The summed E-state index contributed by atoms with van der Waals surface area (Å²) in [4.78, 5) is 35.3. The zero-order chi connectivity index (χ0) is 17.9. The molecule has 0 saturated carbocycles. The van der Waals surface area contributed by atoms with Gasteiger partial charge in [-0.15, -0.1) is 0 Å². The molecule has 0 unspecified atom stereocenters. The molecule has 0 spiro atoms. The van der Waals surface area contributed by atoms with Crippen molar-refractivity contribution in [3.63, 3.8) is 0 Å². The van der Waals surface area contributed by atoms with Crippen molar-refractivity contribution in [1.82, 2.24) is 9.13 Å². The van der Waals surface area contributed by atoms with Crippen LogP contribution in [0.5, 0.6) is 0 Å². The quantitative estimate of drug-likeness (QED) is 0.790. The van der Waals surface area contributed by atoms with Crippen molar-refractivity contribution >= 4 is 27.5 Å². The van der Waals surface area contributed by atoms with Gasteiger partial charge in [0.1, 0.15) is 13.1 Å². The first-order chi connectivity index (χ1) is 11.2. The minimum Gasteiger partial charge on any atom is -0.324 e. The molecular weight excluding hydrogens is 395 g/mol. The fourth-order valence-corrected chi connectivity index (χ4v) is 2.30. The van der Waals surface area contributed by atoms with Gasteiger partial charge in [0.15, 0.2) is 0 Å². The van der Waals surface area contributed by atoms with E-state index in [1.807, 2.05) is 0 Å². The van der Waals surface area contributed by atoms with E-state index in [0.717, 1.165) is 21.4 Å². The van der Waals surface area contributed by atoms with Gasteiger partial charge in [0.25, 0.3) is 0 Å². The predicted octanol–water partition coefficient (Wildman–Crippen LogP) is 1.97. The Morgan fingerprint density at radius 2 is 1.75 bits per heavy atom. The third-order valence-corrected chi connectivity index (χ3v) is 3.40. The number of anilines is 1. The van der Waals surface area contributed by atoms with Crippen molar-refractivity contribution in [3.05, 3.63) is 61.8 Å². The zero-order valence-electron chi connectivity index (χ0n) is 12.0. The number of amides is 1. The highest BCUT2D eigenvalue weighted by molar-refractivity contribution is 9.10. The molecule has 0 bridgehead atoms. The number of nitrogens with zero attached hydrogens (tertiary/aromatic N) is 2. The third-order valence-electron chi connectivity index (χ3n) is 2.90. The van der Waals surface area contributed by atoms with Crippen molar-refractivity contribution in [2.45, 2.75) is 19.3 Å². The molecule has 1 heterocycles. The fourth-order valence-electron chi connectivity index (χ4n) is 1.91. The monoisotopic (exact) mass is 405 g/mol. The van der Waals surface area contributed by atoms with Gasteiger partial charge in [-0.1, -0.05) is 22.0 Å². The summed E-state index contributed by atoms with van der Waals surface area (Å²) in [5.74, 6) is -0.594. The van der Waals surface area contributed by atoms with Gasteiger partial charge in [-0.25, -0.2) is 0 Å². The molecule has 0 fully saturated rings. The minimum absolute atomic E-state index is 0.255. The second kappa shape index (κ2) is 7.04. The zero-order valence-corrected chi connectivity index (χ0v) is 13.6. The van der Waals surface area contributed by atoms with Crippen LogP contribution in [-0.2, 0) is 17.9 Å². The summed E-state index contributed by atoms with van der Waals surface area (Å²) in [6, 6.07) is 6.68. The minimum atomic E-state index is -4.62. The number of rotatable bonds is 4. The lowest BCUT2D eigenvalue weighted by molar-refractivity contribution is -0.141. The van der Waals surface area contributed by atoms with Crippen LogP contribution in [0.4, 0.5) is 18.9 Å². The Morgan fingerprint density at radius 3 is 2.38 bits per heavy atom. The number of nitrogens with one attached hydrogen (secondary N) is 1. The van der Waals surface area contributed by atoms with E-state index in [-0.39, 0.29) is 4.57 Å². The lowest BCUT2D eigenvalue weighted by atomic mass is 10.3. The number of hydrogen-bond acceptors (Lipinski definition) is 3. The van der Waals surface area contributed by atoms with E-state index in [4.69, 9.17) is 0 Å². The first-order valence-electron chi connectivity index (χ1n) is 6.58. The maximum atomic E-state index is 12.3. The lowest BCUT2D eigenvalue weighted by Crippen LogP contribution is -2.43. The highest BCUT2D eigenvalue weighted by Gasteiger charge is 2.28. The van der Waals surface area contributed by atoms with Crippen LogP contribution in [0.15, 0.2) is 50.7 Å². The average Bonchev–Trinajstić information content (AvgIpc) is 2.46. The van der Waals surface area contributed by atoms with Gasteiger partial charge in [-0.05, 0) is 18.2 Å². The molecule has 128 valence electrons. The summed E-state index contributed by atoms with van der Waals surface area (Å²) in [6.45, 7) is -2.06. The summed E-state index contributed by atoms with van der Waals surface area (Å²) >= 11 is 3.23. The van der Waals surface area contributed by atoms with Crippen LogP contribution >= 0.6 is 15.9 Å². The Kier molecular flexibility index (Phi) is 5.27. The number of aromatic nitrogens is 2. The molecule has 24 heavy (non-hydrogen) atoms. The van der Waals surface area contributed by atoms with Crippen molar-refractivity contribution in [1.29, 1.82) is 0 Å². The van der Waals surface area contributed by atoms with Crippen LogP contribution in [0, 0.1) is 0 Å². The van der Waals surface area contributed by atoms with Gasteiger partial charge in [0.2, 0.25) is 5.91 Å². The topological polar surface area (TPSA) is 73.1 Å². The van der Waals surface area contributed by atoms with Gasteiger partial charge >= 0.3 is 17.3 Å². The molecule has 0 atom stereocenters. The van der Waals surface area contributed by atoms with Crippen LogP contribution in [0.25, 0.3) is 0 Å². The lowest BCUT2D eigenvalue weighted by Gasteiger charge is -2.11. The predicted molar refractivity (Wildman–Crippen MR) is 83.8 cm³/mol. The van der Waals surface area contributed by atoms with Gasteiger partial charge < -0.3 is 9.88 Å². The van der Waals surface area contributed by atoms with Gasteiger partial charge in [-0.2, -0.15) is 13.2 Å². The second-order valence-electron chi connectivity index (χ2n) is 4.84. The summed E-state index contributed by atoms with van der Waals surface area (Å²) in [7, 11) is 0. The van der Waals surface area contributed by atoms with Crippen LogP contribution in [0.1, 0.15) is 0 Å². The number of alkyl halides is 3. The fraction of sp³-hybridized carbons (Fsp3) is 0.214. The largest absolute Gasteiger partial charge is 0.406 e. The second-order valence-corrected chi connectivity index (χ2v) is 5.75. The number of halogens is 4. The Morgan fingerprint density at radius 1 is 1.12 bits per heavy atom. The van der Waals surface area contributed by atoms with Crippen molar-refractivity contribution in [2.24, 2.45) is 0 Å². The molecule has 1 aromatic carbocycles. The summed E-state index contributed by atoms with van der Waals surface area (Å²) in [6.07, 6.45) is -2.83. The molecular formula is C14H11BrF3N3O3. The van der Waals surface area contributed by atoms with E-state index in [1.54, 1.807) is 24.3 Å². The normalized spacial score (nSPS) is 11.3. The van der Waals surface area contributed by atoms with Crippen LogP contribution in [-0.4, -0.2) is 21.2 Å². The maximum absolute atomic E-state index is 12.3. The molecule has 1 N–H and O–H groups in total. The molecule has 1 aromatic heterocycles. The highest BCUT2D eigenvalue weighted by atomic mass is 79.9. The molecule has 0 aliphatic heterocycles. The smallest absolute Gasteiger partial charge is 0.324 e. The number of benzene rings is 1. The van der Waals surface area contributed by atoms with Crippen LogP contribution in [0.2, 0.25) is 0 Å². The molecule has 0 aliphatic rings.